The van der Waals surface area contributed by atoms with Gasteiger partial charge < -0.3 is 19.4 Å². The van der Waals surface area contributed by atoms with E-state index >= 15 is 0 Å². The molecule has 30 heavy (non-hydrogen) atoms. The van der Waals surface area contributed by atoms with E-state index < -0.39 is 0 Å². The predicted octanol–water partition coefficient (Wildman–Crippen LogP) is 0.697. The molecule has 0 amide bonds. The van der Waals surface area contributed by atoms with Gasteiger partial charge in [0.05, 0.1) is 31.9 Å². The zero-order chi connectivity index (χ0) is 20.9. The summed E-state index contributed by atoms with van der Waals surface area (Å²) in [6.45, 7) is 2.48. The van der Waals surface area contributed by atoms with Crippen LogP contribution < -0.4 is 15.2 Å². The zero-order valence-corrected chi connectivity index (χ0v) is 17.6. The summed E-state index contributed by atoms with van der Waals surface area (Å²) >= 11 is 0. The fourth-order valence-electron chi connectivity index (χ4n) is 4.32. The molecule has 2 N–H and O–H groups in total. The number of pyridine rings is 1. The number of nitrogens with one attached hydrogen (secondary N) is 2. The normalized spacial score (nSPS) is 15.7. The zero-order valence-electron chi connectivity index (χ0n) is 17.6. The lowest BCUT2D eigenvalue weighted by atomic mass is 10.1. The number of H-pyrrole nitrogens is 1. The fraction of sp³-hybridized carbons (Fsp3) is 0.524. The molecule has 2 aromatic heterocycles. The third-order valence-corrected chi connectivity index (χ3v) is 5.98. The van der Waals surface area contributed by atoms with Crippen LogP contribution in [0, 0.1) is 0 Å². The Morgan fingerprint density at radius 2 is 2.03 bits per heavy atom. The maximum Gasteiger partial charge on any atom is 0.257 e. The van der Waals surface area contributed by atoms with Gasteiger partial charge in [0.1, 0.15) is 18.8 Å². The van der Waals surface area contributed by atoms with E-state index in [1.807, 2.05) is 24.3 Å². The summed E-state index contributed by atoms with van der Waals surface area (Å²) in [5, 5.41) is 13.2. The summed E-state index contributed by atoms with van der Waals surface area (Å²) < 4.78 is 12.3. The number of tetrazole rings is 1. The van der Waals surface area contributed by atoms with Gasteiger partial charge in [0.25, 0.3) is 5.56 Å². The molecule has 1 aliphatic carbocycles. The van der Waals surface area contributed by atoms with Gasteiger partial charge in [0.15, 0.2) is 0 Å². The van der Waals surface area contributed by atoms with Gasteiger partial charge in [-0.25, -0.2) is 4.68 Å². The monoisotopic (exact) mass is 413 g/mol. The van der Waals surface area contributed by atoms with Crippen LogP contribution in [0.1, 0.15) is 37.1 Å². The third kappa shape index (κ3) is 4.52. The first-order chi connectivity index (χ1) is 14.7. The van der Waals surface area contributed by atoms with Gasteiger partial charge >= 0.3 is 0 Å². The molecule has 1 saturated carbocycles. The number of hydrogen-bond donors (Lipinski definition) is 2. The molecule has 1 atom stereocenters. The highest BCUT2D eigenvalue weighted by Gasteiger charge is 2.29. The Morgan fingerprint density at radius 3 is 2.80 bits per heavy atom. The van der Waals surface area contributed by atoms with Gasteiger partial charge in [0, 0.05) is 18.0 Å². The van der Waals surface area contributed by atoms with E-state index in [-0.39, 0.29) is 5.56 Å². The lowest BCUT2D eigenvalue weighted by molar-refractivity contribution is -0.952. The smallest absolute Gasteiger partial charge is 0.257 e. The van der Waals surface area contributed by atoms with Crippen LogP contribution in [-0.2, 0) is 24.4 Å². The quantitative estimate of drug-likeness (QED) is 0.536. The summed E-state index contributed by atoms with van der Waals surface area (Å²) in [6.07, 6.45) is 4.78. The van der Waals surface area contributed by atoms with Crippen molar-refractivity contribution in [2.24, 2.45) is 0 Å². The summed E-state index contributed by atoms with van der Waals surface area (Å²) in [4.78, 5) is 17.1. The van der Waals surface area contributed by atoms with E-state index in [9.17, 15) is 4.79 Å². The van der Waals surface area contributed by atoms with E-state index in [4.69, 9.17) is 9.47 Å². The van der Waals surface area contributed by atoms with Crippen LogP contribution in [-0.4, -0.2) is 52.1 Å². The van der Waals surface area contributed by atoms with Crippen molar-refractivity contribution in [3.63, 3.8) is 0 Å². The predicted molar refractivity (Wildman–Crippen MR) is 111 cm³/mol. The van der Waals surface area contributed by atoms with Crippen molar-refractivity contribution in [1.29, 1.82) is 0 Å². The third-order valence-electron chi connectivity index (χ3n) is 5.98. The first kappa shape index (κ1) is 20.5. The van der Waals surface area contributed by atoms with Crippen molar-refractivity contribution in [2.75, 3.05) is 20.8 Å². The molecule has 1 fully saturated rings. The summed E-state index contributed by atoms with van der Waals surface area (Å²) in [6, 6.07) is 8.17. The van der Waals surface area contributed by atoms with Crippen molar-refractivity contribution in [1.82, 2.24) is 25.2 Å². The lowest BCUT2D eigenvalue weighted by Gasteiger charge is -2.25. The molecule has 9 nitrogen and oxygen atoms in total. The van der Waals surface area contributed by atoms with Gasteiger partial charge in [-0.1, -0.05) is 0 Å². The van der Waals surface area contributed by atoms with Crippen molar-refractivity contribution < 1.29 is 14.4 Å². The Balaban J connectivity index is 1.61. The van der Waals surface area contributed by atoms with E-state index in [2.05, 4.69) is 20.5 Å². The Morgan fingerprint density at radius 1 is 1.20 bits per heavy atom. The van der Waals surface area contributed by atoms with Crippen molar-refractivity contribution in [2.45, 2.75) is 51.4 Å². The SMILES string of the molecule is COCCn1nnnc1C[NH+](Cc1cc2cc(OC)ccc2[nH]c1=O)C1CCCC1. The minimum absolute atomic E-state index is 0.0397. The summed E-state index contributed by atoms with van der Waals surface area (Å²) in [5.74, 6) is 1.60. The molecule has 3 aromatic rings. The molecule has 0 spiro atoms. The molecular formula is C21H29N6O3+. The number of ether oxygens (including phenoxy) is 2. The number of quaternary nitrogens is 1. The first-order valence-electron chi connectivity index (χ1n) is 10.5. The van der Waals surface area contributed by atoms with Gasteiger partial charge in [-0.3, -0.25) is 4.79 Å². The number of hydrogen-bond acceptors (Lipinski definition) is 6. The average Bonchev–Trinajstić information content (AvgIpc) is 3.44. The number of rotatable bonds is 9. The minimum Gasteiger partial charge on any atom is -0.497 e. The molecule has 2 heterocycles. The van der Waals surface area contributed by atoms with Crippen molar-refractivity contribution in [3.05, 3.63) is 46.0 Å². The maximum atomic E-state index is 12.8. The van der Waals surface area contributed by atoms with E-state index in [1.165, 1.54) is 17.7 Å². The molecule has 1 aromatic carbocycles. The Hall–Kier alpha value is -2.78. The lowest BCUT2D eigenvalue weighted by Crippen LogP contribution is -3.13. The van der Waals surface area contributed by atoms with Crippen molar-refractivity contribution in [3.8, 4) is 5.75 Å². The molecule has 0 radical (unpaired) electrons. The largest absolute Gasteiger partial charge is 0.497 e. The highest BCUT2D eigenvalue weighted by atomic mass is 16.5. The second-order valence-corrected chi connectivity index (χ2v) is 7.88. The first-order valence-corrected chi connectivity index (χ1v) is 10.5. The maximum absolute atomic E-state index is 12.8. The number of fused-ring (bicyclic) bond motifs is 1. The number of benzene rings is 1. The summed E-state index contributed by atoms with van der Waals surface area (Å²) in [5.41, 5.74) is 1.55. The second kappa shape index (κ2) is 9.36. The number of methoxy groups -OCH3 is 2. The molecule has 9 heteroatoms. The van der Waals surface area contributed by atoms with E-state index in [1.54, 1.807) is 18.9 Å². The highest BCUT2D eigenvalue weighted by molar-refractivity contribution is 5.80. The highest BCUT2D eigenvalue weighted by Crippen LogP contribution is 2.19. The molecule has 0 aliphatic heterocycles. The topological polar surface area (TPSA) is 99.4 Å². The fourth-order valence-corrected chi connectivity index (χ4v) is 4.32. The molecule has 1 aliphatic rings. The molecule has 0 saturated heterocycles. The molecule has 0 bridgehead atoms. The Labute approximate surface area is 175 Å². The molecule has 1 unspecified atom stereocenters. The van der Waals surface area contributed by atoms with E-state index in [0.717, 1.165) is 40.9 Å². The van der Waals surface area contributed by atoms with Crippen LogP contribution in [0.15, 0.2) is 29.1 Å². The van der Waals surface area contributed by atoms with Crippen LogP contribution in [0.3, 0.4) is 0 Å². The van der Waals surface area contributed by atoms with Gasteiger partial charge in [0.2, 0.25) is 5.82 Å². The van der Waals surface area contributed by atoms with Crippen molar-refractivity contribution >= 4 is 10.9 Å². The van der Waals surface area contributed by atoms with Crippen LogP contribution >= 0.6 is 0 Å². The molecular weight excluding hydrogens is 384 g/mol. The minimum atomic E-state index is -0.0397. The second-order valence-electron chi connectivity index (χ2n) is 7.88. The standard InChI is InChI=1S/C21H28N6O3/c1-29-10-9-27-20(23-24-25-27)14-26(17-5-3-4-6-17)13-16-11-15-12-18(30-2)7-8-19(15)22-21(16)28/h7-8,11-12,17H,3-6,9-10,13-14H2,1-2H3,(H,22,28)/p+1. The number of aromatic amines is 1. The Bertz CT molecular complexity index is 1040. The molecule has 160 valence electrons. The number of nitrogens with zero attached hydrogens (tertiary/aromatic N) is 4. The van der Waals surface area contributed by atoms with Crippen LogP contribution in [0.2, 0.25) is 0 Å². The van der Waals surface area contributed by atoms with Crippen LogP contribution in [0.25, 0.3) is 10.9 Å². The van der Waals surface area contributed by atoms with Gasteiger partial charge in [-0.2, -0.15) is 0 Å². The van der Waals surface area contributed by atoms with Gasteiger partial charge in [-0.05, 0) is 60.4 Å². The molecule has 4 rings (SSSR count). The Kier molecular flexibility index (Phi) is 6.39. The average molecular weight is 414 g/mol. The van der Waals surface area contributed by atoms with Crippen LogP contribution in [0.5, 0.6) is 5.75 Å². The van der Waals surface area contributed by atoms with E-state index in [0.29, 0.717) is 32.3 Å². The number of aromatic nitrogens is 5. The summed E-state index contributed by atoms with van der Waals surface area (Å²) in [7, 11) is 3.31. The van der Waals surface area contributed by atoms with Crippen LogP contribution in [0.4, 0.5) is 0 Å². The van der Waals surface area contributed by atoms with Gasteiger partial charge in [-0.15, -0.1) is 5.10 Å².